The summed E-state index contributed by atoms with van der Waals surface area (Å²) in [5.74, 6) is -2.44. The van der Waals surface area contributed by atoms with Crippen LogP contribution in [0.15, 0.2) is 24.5 Å². The van der Waals surface area contributed by atoms with Crippen LogP contribution in [0, 0.1) is 11.8 Å². The Labute approximate surface area is 113 Å². The molecule has 2 rings (SSSR count). The third-order valence-electron chi connectivity index (χ3n) is 2.74. The first-order chi connectivity index (χ1) is 9.42. The number of rotatable bonds is 4. The van der Waals surface area contributed by atoms with Crippen molar-refractivity contribution in [1.29, 1.82) is 0 Å². The van der Waals surface area contributed by atoms with Gasteiger partial charge in [0.15, 0.2) is 12.1 Å². The predicted molar refractivity (Wildman–Crippen MR) is 67.8 cm³/mol. The Balaban J connectivity index is 2.85. The van der Waals surface area contributed by atoms with E-state index in [4.69, 9.17) is 0 Å². The van der Waals surface area contributed by atoms with Crippen molar-refractivity contribution in [1.82, 2.24) is 8.96 Å². The van der Waals surface area contributed by atoms with Crippen LogP contribution in [0.1, 0.15) is 17.3 Å². The molecule has 0 fully saturated rings. The Hall–Kier alpha value is -2.09. The molecule has 0 amide bonds. The number of halogens is 2. The molecule has 106 valence electrons. The van der Waals surface area contributed by atoms with Gasteiger partial charge in [0, 0.05) is 12.4 Å². The Kier molecular flexibility index (Phi) is 3.67. The van der Waals surface area contributed by atoms with Gasteiger partial charge in [-0.2, -0.15) is 4.39 Å². The van der Waals surface area contributed by atoms with Crippen LogP contribution >= 0.6 is 0 Å². The maximum absolute atomic E-state index is 14.1. The maximum atomic E-state index is 14.1. The number of hydrogen-bond acceptors (Lipinski definition) is 4. The van der Waals surface area contributed by atoms with Crippen LogP contribution in [0.4, 0.5) is 8.78 Å². The van der Waals surface area contributed by atoms with Crippen molar-refractivity contribution in [3.63, 3.8) is 0 Å². The molecule has 0 unspecified atom stereocenters. The minimum atomic E-state index is -3.88. The van der Waals surface area contributed by atoms with Crippen molar-refractivity contribution in [2.45, 2.75) is 6.92 Å². The van der Waals surface area contributed by atoms with E-state index < -0.39 is 33.0 Å². The van der Waals surface area contributed by atoms with Gasteiger partial charge in [-0.05, 0) is 19.1 Å². The number of aldehydes is 1. The SMILES string of the molecule is CCS(=O)(=O)n1cc(C=O)c(F)c1-c1cccnc1F. The normalized spacial score (nSPS) is 11.6. The molecule has 0 saturated carbocycles. The molecule has 0 aliphatic carbocycles. The molecular weight excluding hydrogens is 290 g/mol. The van der Waals surface area contributed by atoms with Crippen molar-refractivity contribution in [3.8, 4) is 11.3 Å². The Morgan fingerprint density at radius 1 is 1.40 bits per heavy atom. The smallest absolute Gasteiger partial charge is 0.238 e. The van der Waals surface area contributed by atoms with E-state index in [2.05, 4.69) is 4.98 Å². The molecule has 0 aliphatic heterocycles. The zero-order valence-electron chi connectivity index (χ0n) is 10.4. The lowest BCUT2D eigenvalue weighted by Crippen LogP contribution is -2.15. The summed E-state index contributed by atoms with van der Waals surface area (Å²) < 4.78 is 52.2. The second kappa shape index (κ2) is 5.12. The monoisotopic (exact) mass is 300 g/mol. The highest BCUT2D eigenvalue weighted by Crippen LogP contribution is 2.29. The molecule has 0 radical (unpaired) electrons. The number of carbonyl (C=O) groups excluding carboxylic acids is 1. The van der Waals surface area contributed by atoms with Crippen LogP contribution in [0.25, 0.3) is 11.3 Å². The lowest BCUT2D eigenvalue weighted by molar-refractivity contribution is 0.112. The summed E-state index contributed by atoms with van der Waals surface area (Å²) in [6.07, 6.45) is 2.16. The molecule has 8 heteroatoms. The van der Waals surface area contributed by atoms with Gasteiger partial charge < -0.3 is 0 Å². The van der Waals surface area contributed by atoms with Gasteiger partial charge in [0.05, 0.1) is 16.9 Å². The highest BCUT2D eigenvalue weighted by atomic mass is 32.2. The third kappa shape index (κ3) is 2.22. The molecule has 0 atom stereocenters. The van der Waals surface area contributed by atoms with E-state index in [1.807, 2.05) is 0 Å². The van der Waals surface area contributed by atoms with E-state index >= 15 is 0 Å². The van der Waals surface area contributed by atoms with Crippen molar-refractivity contribution in [2.24, 2.45) is 0 Å². The predicted octanol–water partition coefficient (Wildman–Crippen LogP) is 1.84. The number of carbonyl (C=O) groups is 1. The zero-order chi connectivity index (χ0) is 14.9. The molecule has 2 heterocycles. The van der Waals surface area contributed by atoms with Gasteiger partial charge in [-0.15, -0.1) is 0 Å². The topological polar surface area (TPSA) is 69.0 Å². The Morgan fingerprint density at radius 2 is 2.10 bits per heavy atom. The fourth-order valence-electron chi connectivity index (χ4n) is 1.72. The summed E-state index contributed by atoms with van der Waals surface area (Å²) in [7, 11) is -3.88. The van der Waals surface area contributed by atoms with Crippen LogP contribution in [-0.4, -0.2) is 29.4 Å². The number of nitrogens with zero attached hydrogens (tertiary/aromatic N) is 2. The summed E-state index contributed by atoms with van der Waals surface area (Å²) >= 11 is 0. The number of aromatic nitrogens is 2. The molecule has 0 N–H and O–H groups in total. The maximum Gasteiger partial charge on any atom is 0.238 e. The first kappa shape index (κ1) is 14.3. The van der Waals surface area contributed by atoms with Crippen LogP contribution in [0.5, 0.6) is 0 Å². The van der Waals surface area contributed by atoms with Crippen molar-refractivity contribution >= 4 is 16.3 Å². The number of hydrogen-bond donors (Lipinski definition) is 0. The van der Waals surface area contributed by atoms with Gasteiger partial charge in [-0.25, -0.2) is 21.8 Å². The van der Waals surface area contributed by atoms with Gasteiger partial charge in [0.2, 0.25) is 16.0 Å². The van der Waals surface area contributed by atoms with Gasteiger partial charge in [0.25, 0.3) is 0 Å². The number of pyridine rings is 1. The Bertz CT molecular complexity index is 769. The standard InChI is InChI=1S/C12H10F2N2O3S/c1-2-20(18,19)16-6-8(7-17)10(13)11(16)9-4-3-5-15-12(9)14/h3-7H,2H2,1H3. The molecule has 0 saturated heterocycles. The van der Waals surface area contributed by atoms with Crippen LogP contribution < -0.4 is 0 Å². The minimum Gasteiger partial charge on any atom is -0.298 e. The van der Waals surface area contributed by atoms with E-state index in [9.17, 15) is 22.0 Å². The second-order valence-electron chi connectivity index (χ2n) is 3.90. The fraction of sp³-hybridized carbons (Fsp3) is 0.167. The summed E-state index contributed by atoms with van der Waals surface area (Å²) in [5.41, 5.74) is -1.31. The molecule has 5 nitrogen and oxygen atoms in total. The molecule has 2 aromatic rings. The summed E-state index contributed by atoms with van der Waals surface area (Å²) in [5, 5.41) is 0. The fourth-order valence-corrected chi connectivity index (χ4v) is 2.73. The van der Waals surface area contributed by atoms with Crippen LogP contribution in [-0.2, 0) is 10.0 Å². The first-order valence-electron chi connectivity index (χ1n) is 5.62. The second-order valence-corrected chi connectivity index (χ2v) is 6.04. The molecule has 20 heavy (non-hydrogen) atoms. The zero-order valence-corrected chi connectivity index (χ0v) is 11.2. The highest BCUT2D eigenvalue weighted by molar-refractivity contribution is 7.89. The van der Waals surface area contributed by atoms with E-state index in [1.54, 1.807) is 0 Å². The molecule has 2 aromatic heterocycles. The summed E-state index contributed by atoms with van der Waals surface area (Å²) in [4.78, 5) is 14.1. The van der Waals surface area contributed by atoms with E-state index in [0.29, 0.717) is 3.97 Å². The molecule has 0 bridgehead atoms. The average Bonchev–Trinajstić information content (AvgIpc) is 2.77. The average molecular weight is 300 g/mol. The molecule has 0 spiro atoms. The van der Waals surface area contributed by atoms with E-state index in [0.717, 1.165) is 12.4 Å². The summed E-state index contributed by atoms with van der Waals surface area (Å²) in [6.45, 7) is 1.36. The minimum absolute atomic E-state index is 0.175. The first-order valence-corrected chi connectivity index (χ1v) is 7.23. The van der Waals surface area contributed by atoms with E-state index in [1.165, 1.54) is 19.1 Å². The molecule has 0 aliphatic rings. The van der Waals surface area contributed by atoms with Crippen molar-refractivity contribution in [2.75, 3.05) is 5.75 Å². The quantitative estimate of drug-likeness (QED) is 0.638. The molecular formula is C12H10F2N2O3S. The highest BCUT2D eigenvalue weighted by Gasteiger charge is 2.25. The van der Waals surface area contributed by atoms with Crippen molar-refractivity contribution in [3.05, 3.63) is 41.9 Å². The van der Waals surface area contributed by atoms with Crippen LogP contribution in [0.3, 0.4) is 0 Å². The van der Waals surface area contributed by atoms with Gasteiger partial charge in [-0.3, -0.25) is 4.79 Å². The van der Waals surface area contributed by atoms with Gasteiger partial charge in [0.1, 0.15) is 5.69 Å². The van der Waals surface area contributed by atoms with Gasteiger partial charge in [-0.1, -0.05) is 0 Å². The lowest BCUT2D eigenvalue weighted by Gasteiger charge is -2.09. The van der Waals surface area contributed by atoms with Gasteiger partial charge >= 0.3 is 0 Å². The van der Waals surface area contributed by atoms with E-state index in [-0.39, 0.29) is 17.6 Å². The van der Waals surface area contributed by atoms with Crippen LogP contribution in [0.2, 0.25) is 0 Å². The Morgan fingerprint density at radius 3 is 2.65 bits per heavy atom. The molecule has 0 aromatic carbocycles. The third-order valence-corrected chi connectivity index (χ3v) is 4.36. The summed E-state index contributed by atoms with van der Waals surface area (Å²) in [6, 6.07) is 2.53. The van der Waals surface area contributed by atoms with Crippen molar-refractivity contribution < 1.29 is 22.0 Å². The largest absolute Gasteiger partial charge is 0.298 e. The lowest BCUT2D eigenvalue weighted by atomic mass is 10.2.